The van der Waals surface area contributed by atoms with Crippen molar-refractivity contribution < 1.29 is 19.1 Å². The Morgan fingerprint density at radius 2 is 1.92 bits per heavy atom. The van der Waals surface area contributed by atoms with Crippen molar-refractivity contribution >= 4 is 35.0 Å². The molecule has 0 bridgehead atoms. The monoisotopic (exact) mass is 554 g/mol. The summed E-state index contributed by atoms with van der Waals surface area (Å²) in [6.07, 6.45) is 6.33. The Balaban J connectivity index is 1.19. The number of halogens is 2. The number of fused-ring (bicyclic) bond motifs is 1. The maximum absolute atomic E-state index is 12.7. The average Bonchev–Trinajstić information content (AvgIpc) is 3.75. The van der Waals surface area contributed by atoms with Crippen LogP contribution in [0.4, 0.5) is 0 Å². The van der Waals surface area contributed by atoms with Crippen LogP contribution in [-0.4, -0.2) is 35.9 Å². The molecule has 3 unspecified atom stereocenters. The predicted molar refractivity (Wildman–Crippen MR) is 146 cm³/mol. The third kappa shape index (κ3) is 5.79. The second kappa shape index (κ2) is 10.9. The molecule has 1 N–H and O–H groups in total. The Hall–Kier alpha value is -3.16. The summed E-state index contributed by atoms with van der Waals surface area (Å²) in [6, 6.07) is 12.8. The molecule has 2 aromatic rings. The average molecular weight is 555 g/mol. The van der Waals surface area contributed by atoms with E-state index in [1.165, 1.54) is 24.0 Å². The fourth-order valence-corrected chi connectivity index (χ4v) is 5.39. The van der Waals surface area contributed by atoms with Crippen LogP contribution >= 0.6 is 23.2 Å². The van der Waals surface area contributed by atoms with Crippen molar-refractivity contribution in [3.05, 3.63) is 92.6 Å². The fourth-order valence-electron chi connectivity index (χ4n) is 4.98. The van der Waals surface area contributed by atoms with Crippen LogP contribution in [0.3, 0.4) is 0 Å². The molecule has 2 aromatic carbocycles. The maximum atomic E-state index is 12.7. The molecule has 198 valence electrons. The number of rotatable bonds is 8. The Morgan fingerprint density at radius 3 is 2.63 bits per heavy atom. The summed E-state index contributed by atoms with van der Waals surface area (Å²) in [4.78, 5) is 34.5. The lowest BCUT2D eigenvalue weighted by atomic mass is 9.83. The second-order valence-electron chi connectivity index (χ2n) is 10.1. The van der Waals surface area contributed by atoms with Crippen LogP contribution in [0.1, 0.15) is 53.6 Å². The number of benzene rings is 2. The summed E-state index contributed by atoms with van der Waals surface area (Å²) in [7, 11) is 0. The number of nitroso groups, excluding NO2 is 1. The van der Waals surface area contributed by atoms with E-state index in [2.05, 4.69) is 10.5 Å². The maximum Gasteiger partial charge on any atom is 0.294 e. The molecule has 0 spiro atoms. The Morgan fingerprint density at radius 1 is 1.16 bits per heavy atom. The highest BCUT2D eigenvalue weighted by Gasteiger charge is 2.41. The van der Waals surface area contributed by atoms with E-state index in [4.69, 9.17) is 32.7 Å². The van der Waals surface area contributed by atoms with E-state index in [1.54, 1.807) is 43.3 Å². The summed E-state index contributed by atoms with van der Waals surface area (Å²) in [5, 5.41) is 6.32. The normalized spacial score (nSPS) is 24.3. The van der Waals surface area contributed by atoms with Gasteiger partial charge in [-0.05, 0) is 86.1 Å². The van der Waals surface area contributed by atoms with Gasteiger partial charge in [0.1, 0.15) is 22.5 Å². The molecular weight excluding hydrogens is 527 g/mol. The zero-order valence-electron chi connectivity index (χ0n) is 20.9. The van der Waals surface area contributed by atoms with E-state index >= 15 is 0 Å². The molecule has 7 nitrogen and oxygen atoms in total. The van der Waals surface area contributed by atoms with E-state index in [0.717, 1.165) is 11.4 Å². The van der Waals surface area contributed by atoms with Crippen LogP contribution in [0.15, 0.2) is 71.1 Å². The highest BCUT2D eigenvalue weighted by molar-refractivity contribution is 6.30. The van der Waals surface area contributed by atoms with Crippen LogP contribution in [0, 0.1) is 10.8 Å². The summed E-state index contributed by atoms with van der Waals surface area (Å²) in [6.45, 7) is 2.59. The van der Waals surface area contributed by atoms with Crippen molar-refractivity contribution in [1.29, 1.82) is 0 Å². The standard InChI is InChI=1S/C29H28Cl2N2O5/c1-29(31)16-24-22(28(35)33-36)11-13-37-25(24)15-26(29)38-21-8-5-19(6-9-21)27(34)32-12-10-18-4-7-20(30)14-23(18)17-2-3-17/h4-9,14-17,22,26H,2-3,10-13H2,1H3,(H,32,34). The summed E-state index contributed by atoms with van der Waals surface area (Å²) < 4.78 is 11.8. The minimum absolute atomic E-state index is 0.164. The number of ether oxygens (including phenoxy) is 2. The molecule has 1 heterocycles. The zero-order valence-corrected chi connectivity index (χ0v) is 22.4. The van der Waals surface area contributed by atoms with Crippen LogP contribution < -0.4 is 10.1 Å². The number of nitrogens with one attached hydrogen (secondary N) is 1. The minimum atomic E-state index is -0.988. The van der Waals surface area contributed by atoms with Gasteiger partial charge in [0.05, 0.1) is 12.5 Å². The van der Waals surface area contributed by atoms with Crippen molar-refractivity contribution in [2.45, 2.75) is 49.5 Å². The first-order chi connectivity index (χ1) is 18.2. The number of alkyl halides is 1. The van der Waals surface area contributed by atoms with Crippen LogP contribution in [0.25, 0.3) is 0 Å². The molecule has 9 heteroatoms. The minimum Gasteiger partial charge on any atom is -0.493 e. The van der Waals surface area contributed by atoms with E-state index in [1.807, 2.05) is 18.2 Å². The molecule has 1 saturated carbocycles. The molecular formula is C29H28Cl2N2O5. The van der Waals surface area contributed by atoms with Crippen molar-refractivity contribution in [3.8, 4) is 5.75 Å². The number of amides is 2. The first-order valence-electron chi connectivity index (χ1n) is 12.7. The van der Waals surface area contributed by atoms with Gasteiger partial charge in [-0.15, -0.1) is 16.5 Å². The summed E-state index contributed by atoms with van der Waals surface area (Å²) >= 11 is 12.9. The number of carbonyl (C=O) groups excluding carboxylic acids is 2. The van der Waals surface area contributed by atoms with Crippen molar-refractivity contribution in [1.82, 2.24) is 5.32 Å². The predicted octanol–water partition coefficient (Wildman–Crippen LogP) is 6.09. The first-order valence-corrected chi connectivity index (χ1v) is 13.5. The number of nitrogens with zero attached hydrogens (tertiary/aromatic N) is 1. The molecule has 0 radical (unpaired) electrons. The largest absolute Gasteiger partial charge is 0.493 e. The molecule has 2 fully saturated rings. The van der Waals surface area contributed by atoms with Gasteiger partial charge >= 0.3 is 0 Å². The van der Waals surface area contributed by atoms with Gasteiger partial charge in [0.25, 0.3) is 11.8 Å². The van der Waals surface area contributed by atoms with Gasteiger partial charge in [0.15, 0.2) is 0 Å². The number of carbonyl (C=O) groups is 2. The lowest BCUT2D eigenvalue weighted by Gasteiger charge is -2.36. The molecule has 3 atom stereocenters. The van der Waals surface area contributed by atoms with E-state index in [0.29, 0.717) is 48.1 Å². The third-order valence-electron chi connectivity index (χ3n) is 7.19. The van der Waals surface area contributed by atoms with Crippen LogP contribution in [0.2, 0.25) is 5.02 Å². The van der Waals surface area contributed by atoms with Crippen LogP contribution in [0.5, 0.6) is 5.75 Å². The van der Waals surface area contributed by atoms with Gasteiger partial charge in [-0.25, -0.2) is 0 Å². The van der Waals surface area contributed by atoms with Crippen molar-refractivity contribution in [3.63, 3.8) is 0 Å². The Labute approximate surface area is 231 Å². The van der Waals surface area contributed by atoms with Gasteiger partial charge in [-0.3, -0.25) is 9.59 Å². The Bertz CT molecular complexity index is 1310. The van der Waals surface area contributed by atoms with Gasteiger partial charge in [0.2, 0.25) is 0 Å². The third-order valence-corrected chi connectivity index (χ3v) is 7.75. The van der Waals surface area contributed by atoms with Gasteiger partial charge < -0.3 is 14.8 Å². The highest BCUT2D eigenvalue weighted by Crippen LogP contribution is 2.43. The molecule has 0 aromatic heterocycles. The molecule has 2 aliphatic carbocycles. The smallest absolute Gasteiger partial charge is 0.294 e. The molecule has 5 rings (SSSR count). The van der Waals surface area contributed by atoms with E-state index in [-0.39, 0.29) is 5.91 Å². The SMILES string of the molecule is CC1(Cl)C=C2C(=CC1Oc1ccc(C(=O)NCCc3ccc(Cl)cc3C3CC3)cc1)OCCC2C(=O)N=O. The van der Waals surface area contributed by atoms with Gasteiger partial charge in [0, 0.05) is 34.0 Å². The lowest BCUT2D eigenvalue weighted by molar-refractivity contribution is -0.121. The number of hydrogen-bond donors (Lipinski definition) is 1. The van der Waals surface area contributed by atoms with Gasteiger partial charge in [-0.2, -0.15) is 0 Å². The van der Waals surface area contributed by atoms with Crippen molar-refractivity contribution in [2.75, 3.05) is 13.2 Å². The van der Waals surface area contributed by atoms with Crippen LogP contribution in [-0.2, 0) is 16.0 Å². The number of hydrogen-bond acceptors (Lipinski definition) is 5. The van der Waals surface area contributed by atoms with E-state index < -0.39 is 22.8 Å². The zero-order chi connectivity index (χ0) is 26.9. The summed E-state index contributed by atoms with van der Waals surface area (Å²) in [5.74, 6) is 0.0315. The van der Waals surface area contributed by atoms with Gasteiger partial charge in [-0.1, -0.05) is 23.7 Å². The topological polar surface area (TPSA) is 94.1 Å². The first kappa shape index (κ1) is 26.4. The number of allylic oxidation sites excluding steroid dienone is 1. The molecule has 38 heavy (non-hydrogen) atoms. The molecule has 1 aliphatic heterocycles. The highest BCUT2D eigenvalue weighted by atomic mass is 35.5. The van der Waals surface area contributed by atoms with E-state index in [9.17, 15) is 14.5 Å². The lowest BCUT2D eigenvalue weighted by Crippen LogP contribution is -2.41. The molecule has 1 saturated heterocycles. The molecule has 3 aliphatic rings. The quantitative estimate of drug-likeness (QED) is 0.314. The van der Waals surface area contributed by atoms with Crippen molar-refractivity contribution in [2.24, 2.45) is 11.1 Å². The fraction of sp³-hybridized carbons (Fsp3) is 0.379. The second-order valence-corrected chi connectivity index (χ2v) is 11.3. The Kier molecular flexibility index (Phi) is 7.59. The molecule has 2 amide bonds. The summed E-state index contributed by atoms with van der Waals surface area (Å²) in [5.41, 5.74) is 3.60.